The number of H-pyrrole nitrogens is 1. The maximum absolute atomic E-state index is 13.1. The molecular weight excluding hydrogens is 376 g/mol. The summed E-state index contributed by atoms with van der Waals surface area (Å²) < 4.78 is 6.24. The largest absolute Gasteiger partial charge is 0.479 e. The Morgan fingerprint density at radius 3 is 3.07 bits per heavy atom. The number of benzene rings is 1. The number of amides is 1. The number of ether oxygens (including phenoxy) is 1. The van der Waals surface area contributed by atoms with Crippen LogP contribution in [0.1, 0.15) is 12.5 Å². The van der Waals surface area contributed by atoms with Gasteiger partial charge in [-0.3, -0.25) is 4.79 Å². The first-order valence-electron chi connectivity index (χ1n) is 9.54. The van der Waals surface area contributed by atoms with E-state index in [0.29, 0.717) is 18.0 Å². The van der Waals surface area contributed by atoms with Crippen LogP contribution in [0.15, 0.2) is 36.7 Å². The summed E-state index contributed by atoms with van der Waals surface area (Å²) >= 11 is 6.42. The molecule has 0 radical (unpaired) electrons. The number of halogens is 1. The van der Waals surface area contributed by atoms with Gasteiger partial charge < -0.3 is 19.9 Å². The summed E-state index contributed by atoms with van der Waals surface area (Å²) in [5.41, 5.74) is 3.68. The van der Waals surface area contributed by atoms with Crippen molar-refractivity contribution in [2.24, 2.45) is 0 Å². The van der Waals surface area contributed by atoms with Crippen LogP contribution in [-0.4, -0.2) is 52.6 Å². The first-order valence-corrected chi connectivity index (χ1v) is 9.92. The maximum Gasteiger partial charge on any atom is 0.264 e. The number of piperazine rings is 1. The second kappa shape index (κ2) is 6.79. The number of hydrogen-bond acceptors (Lipinski definition) is 4. The van der Waals surface area contributed by atoms with E-state index in [1.807, 2.05) is 35.4 Å². The van der Waals surface area contributed by atoms with Crippen molar-refractivity contribution in [3.63, 3.8) is 0 Å². The summed E-state index contributed by atoms with van der Waals surface area (Å²) in [6, 6.07) is 7.92. The third kappa shape index (κ3) is 2.84. The van der Waals surface area contributed by atoms with Gasteiger partial charge in [0, 0.05) is 66.0 Å². The molecule has 0 saturated carbocycles. The van der Waals surface area contributed by atoms with Crippen molar-refractivity contribution in [2.75, 3.05) is 19.6 Å². The summed E-state index contributed by atoms with van der Waals surface area (Å²) in [5, 5.41) is 4.96. The molecule has 7 heteroatoms. The van der Waals surface area contributed by atoms with Gasteiger partial charge in [-0.2, -0.15) is 0 Å². The van der Waals surface area contributed by atoms with Crippen LogP contribution < -0.4 is 10.1 Å². The van der Waals surface area contributed by atoms with E-state index in [1.165, 1.54) is 0 Å². The van der Waals surface area contributed by atoms with Crippen LogP contribution in [0, 0.1) is 0 Å². The fourth-order valence-corrected chi connectivity index (χ4v) is 4.45. The average Bonchev–Trinajstić information content (AvgIpc) is 3.33. The normalized spacial score (nSPS) is 21.6. The Hall–Kier alpha value is -2.57. The van der Waals surface area contributed by atoms with Gasteiger partial charge in [0.2, 0.25) is 0 Å². The van der Waals surface area contributed by atoms with E-state index in [4.69, 9.17) is 16.3 Å². The standard InChI is InChI=1S/C21H21ClN4O2/c1-12-11-23-6-7-26(12)21(27)18-9-13-8-14(22)10-17(19(13)28-18)15-2-4-24-20-16(15)3-5-25-20/h2-5,8,10,12,18,23H,6-7,9,11H2,1H3,(H,24,25)/t12-,18-/m1/s1. The zero-order valence-corrected chi connectivity index (χ0v) is 16.3. The van der Waals surface area contributed by atoms with Crippen molar-refractivity contribution in [1.82, 2.24) is 20.2 Å². The van der Waals surface area contributed by atoms with Crippen molar-refractivity contribution >= 4 is 28.5 Å². The molecule has 28 heavy (non-hydrogen) atoms. The number of pyridine rings is 1. The third-order valence-electron chi connectivity index (χ3n) is 5.61. The molecule has 144 valence electrons. The smallest absolute Gasteiger partial charge is 0.264 e. The van der Waals surface area contributed by atoms with Gasteiger partial charge in [-0.05, 0) is 36.8 Å². The highest BCUT2D eigenvalue weighted by atomic mass is 35.5. The molecule has 0 bridgehead atoms. The quantitative estimate of drug-likeness (QED) is 0.698. The molecule has 2 N–H and O–H groups in total. The Morgan fingerprint density at radius 2 is 2.21 bits per heavy atom. The van der Waals surface area contributed by atoms with E-state index in [0.717, 1.165) is 46.6 Å². The second-order valence-corrected chi connectivity index (χ2v) is 7.87. The second-order valence-electron chi connectivity index (χ2n) is 7.44. The number of rotatable bonds is 2. The van der Waals surface area contributed by atoms with Gasteiger partial charge >= 0.3 is 0 Å². The number of aromatic nitrogens is 2. The summed E-state index contributed by atoms with van der Waals surface area (Å²) in [4.78, 5) is 22.5. The Bertz CT molecular complexity index is 1060. The van der Waals surface area contributed by atoms with Crippen LogP contribution in [0.5, 0.6) is 5.75 Å². The number of nitrogens with zero attached hydrogens (tertiary/aromatic N) is 2. The van der Waals surface area contributed by atoms with Gasteiger partial charge in [0.25, 0.3) is 5.91 Å². The average molecular weight is 397 g/mol. The Morgan fingerprint density at radius 1 is 1.32 bits per heavy atom. The van der Waals surface area contributed by atoms with Crippen molar-refractivity contribution in [1.29, 1.82) is 0 Å². The van der Waals surface area contributed by atoms with E-state index in [1.54, 1.807) is 6.20 Å². The minimum absolute atomic E-state index is 0.0498. The highest BCUT2D eigenvalue weighted by Crippen LogP contribution is 2.43. The van der Waals surface area contributed by atoms with Crippen molar-refractivity contribution in [3.05, 3.63) is 47.2 Å². The van der Waals surface area contributed by atoms with E-state index >= 15 is 0 Å². The van der Waals surface area contributed by atoms with Crippen molar-refractivity contribution in [2.45, 2.75) is 25.5 Å². The Kier molecular flexibility index (Phi) is 4.25. The molecule has 4 heterocycles. The summed E-state index contributed by atoms with van der Waals surface area (Å²) in [6.45, 7) is 4.40. The highest BCUT2D eigenvalue weighted by Gasteiger charge is 2.36. The molecule has 1 fully saturated rings. The fraction of sp³-hybridized carbons (Fsp3) is 0.333. The zero-order valence-electron chi connectivity index (χ0n) is 15.5. The first kappa shape index (κ1) is 17.5. The molecule has 2 atom stereocenters. The molecule has 0 aliphatic carbocycles. The maximum atomic E-state index is 13.1. The SMILES string of the molecule is C[C@@H]1CNCCN1C(=O)[C@H]1Cc2cc(Cl)cc(-c3ccnc4[nH]ccc34)c2O1. The number of fused-ring (bicyclic) bond motifs is 2. The van der Waals surface area contributed by atoms with Crippen LogP contribution in [0.4, 0.5) is 0 Å². The van der Waals surface area contributed by atoms with Crippen LogP contribution >= 0.6 is 11.6 Å². The lowest BCUT2D eigenvalue weighted by Gasteiger charge is -2.35. The van der Waals surface area contributed by atoms with Gasteiger partial charge in [-0.1, -0.05) is 11.6 Å². The van der Waals surface area contributed by atoms with Crippen molar-refractivity contribution < 1.29 is 9.53 Å². The Balaban J connectivity index is 1.52. The monoisotopic (exact) mass is 396 g/mol. The highest BCUT2D eigenvalue weighted by molar-refractivity contribution is 6.31. The lowest BCUT2D eigenvalue weighted by atomic mass is 9.99. The topological polar surface area (TPSA) is 70.2 Å². The number of aromatic amines is 1. The molecule has 1 saturated heterocycles. The fourth-order valence-electron chi connectivity index (χ4n) is 4.21. The van der Waals surface area contributed by atoms with E-state index in [-0.39, 0.29) is 11.9 Å². The first-order chi connectivity index (χ1) is 13.6. The molecule has 2 aromatic heterocycles. The lowest BCUT2D eigenvalue weighted by molar-refractivity contribution is -0.140. The van der Waals surface area contributed by atoms with Gasteiger partial charge in [0.1, 0.15) is 11.4 Å². The minimum atomic E-state index is -0.503. The number of nitrogens with one attached hydrogen (secondary N) is 2. The zero-order chi connectivity index (χ0) is 19.3. The van der Waals surface area contributed by atoms with Gasteiger partial charge in [-0.25, -0.2) is 4.98 Å². The predicted molar refractivity (Wildman–Crippen MR) is 109 cm³/mol. The van der Waals surface area contributed by atoms with Gasteiger partial charge in [-0.15, -0.1) is 0 Å². The van der Waals surface area contributed by atoms with E-state index < -0.39 is 6.10 Å². The van der Waals surface area contributed by atoms with Gasteiger partial charge in [0.05, 0.1) is 0 Å². The molecular formula is C21H21ClN4O2. The van der Waals surface area contributed by atoms with E-state index in [9.17, 15) is 4.79 Å². The summed E-state index contributed by atoms with van der Waals surface area (Å²) in [6.07, 6.45) is 3.67. The molecule has 1 aromatic carbocycles. The summed E-state index contributed by atoms with van der Waals surface area (Å²) in [5.74, 6) is 0.799. The van der Waals surface area contributed by atoms with E-state index in [2.05, 4.69) is 22.2 Å². The third-order valence-corrected chi connectivity index (χ3v) is 5.82. The van der Waals surface area contributed by atoms with Crippen molar-refractivity contribution in [3.8, 4) is 16.9 Å². The van der Waals surface area contributed by atoms with Crippen LogP contribution in [0.3, 0.4) is 0 Å². The molecule has 2 aliphatic rings. The predicted octanol–water partition coefficient (Wildman–Crippen LogP) is 3.01. The van der Waals surface area contributed by atoms with Gasteiger partial charge in [0.15, 0.2) is 6.10 Å². The van der Waals surface area contributed by atoms with Crippen LogP contribution in [0.2, 0.25) is 5.02 Å². The number of carbonyl (C=O) groups is 1. The molecule has 0 spiro atoms. The number of hydrogen-bond donors (Lipinski definition) is 2. The molecule has 0 unspecified atom stereocenters. The Labute approximate surface area is 167 Å². The van der Waals surface area contributed by atoms with Crippen LogP contribution in [0.25, 0.3) is 22.2 Å². The minimum Gasteiger partial charge on any atom is -0.479 e. The molecule has 6 nitrogen and oxygen atoms in total. The number of carbonyl (C=O) groups excluding carboxylic acids is 1. The lowest BCUT2D eigenvalue weighted by Crippen LogP contribution is -2.55. The molecule has 1 amide bonds. The molecule has 5 rings (SSSR count). The molecule has 2 aliphatic heterocycles. The van der Waals surface area contributed by atoms with Crippen LogP contribution in [-0.2, 0) is 11.2 Å². The molecule has 3 aromatic rings. The summed E-state index contributed by atoms with van der Waals surface area (Å²) in [7, 11) is 0.